The molecule has 3 aromatic rings. The summed E-state index contributed by atoms with van der Waals surface area (Å²) >= 11 is 7.69. The van der Waals surface area contributed by atoms with Gasteiger partial charge in [-0.1, -0.05) is 11.6 Å². The number of nitrogens with zero attached hydrogens (tertiary/aromatic N) is 1. The Morgan fingerprint density at radius 3 is 2.85 bits per heavy atom. The number of hydrogen-bond donors (Lipinski definition) is 1. The van der Waals surface area contributed by atoms with Crippen LogP contribution in [0.4, 0.5) is 5.69 Å². The normalized spacial score (nSPS) is 13.3. The lowest BCUT2D eigenvalue weighted by molar-refractivity contribution is -0.115. The zero-order valence-corrected chi connectivity index (χ0v) is 15.2. The number of rotatable bonds is 4. The van der Waals surface area contributed by atoms with Crippen LogP contribution < -0.4 is 14.8 Å². The summed E-state index contributed by atoms with van der Waals surface area (Å²) in [6.07, 6.45) is 2.53. The molecule has 1 aliphatic rings. The predicted molar refractivity (Wildman–Crippen MR) is 99.2 cm³/mol. The number of fused-ring (bicyclic) bond motifs is 1. The predicted octanol–water partition coefficient (Wildman–Crippen LogP) is 4.40. The highest BCUT2D eigenvalue weighted by Gasteiger charge is 2.16. The van der Waals surface area contributed by atoms with Crippen molar-refractivity contribution in [2.75, 3.05) is 18.5 Å². The average Bonchev–Trinajstić information content (AvgIpc) is 3.25. The van der Waals surface area contributed by atoms with Gasteiger partial charge in [-0.3, -0.25) is 4.79 Å². The molecule has 0 radical (unpaired) electrons. The van der Waals surface area contributed by atoms with Crippen LogP contribution in [0.5, 0.6) is 11.5 Å². The van der Waals surface area contributed by atoms with E-state index in [9.17, 15) is 4.79 Å². The Kier molecular flexibility index (Phi) is 4.81. The molecule has 0 atom stereocenters. The molecule has 3 heterocycles. The Labute approximate surface area is 158 Å². The van der Waals surface area contributed by atoms with Crippen LogP contribution in [0, 0.1) is 0 Å². The summed E-state index contributed by atoms with van der Waals surface area (Å²) in [6, 6.07) is 6.99. The number of furan rings is 1. The molecule has 0 saturated carbocycles. The molecule has 0 spiro atoms. The molecule has 0 unspecified atom stereocenters. The third-order valence-electron chi connectivity index (χ3n) is 3.74. The van der Waals surface area contributed by atoms with Gasteiger partial charge in [0.05, 0.1) is 42.3 Å². The lowest BCUT2D eigenvalue weighted by atomic mass is 10.2. The maximum atomic E-state index is 12.4. The van der Waals surface area contributed by atoms with E-state index in [-0.39, 0.29) is 12.3 Å². The number of thiazole rings is 1. The molecule has 26 heavy (non-hydrogen) atoms. The van der Waals surface area contributed by atoms with Crippen molar-refractivity contribution in [2.24, 2.45) is 0 Å². The number of carbonyl (C=O) groups excluding carboxylic acids is 1. The van der Waals surface area contributed by atoms with Crippen molar-refractivity contribution in [3.05, 3.63) is 46.6 Å². The number of nitrogens with one attached hydrogen (secondary N) is 1. The van der Waals surface area contributed by atoms with Crippen molar-refractivity contribution in [1.82, 2.24) is 4.98 Å². The zero-order valence-electron chi connectivity index (χ0n) is 13.7. The van der Waals surface area contributed by atoms with Gasteiger partial charge in [0.25, 0.3) is 0 Å². The highest BCUT2D eigenvalue weighted by atomic mass is 35.5. The van der Waals surface area contributed by atoms with Crippen molar-refractivity contribution in [3.63, 3.8) is 0 Å². The topological polar surface area (TPSA) is 73.6 Å². The van der Waals surface area contributed by atoms with Crippen LogP contribution in [0.1, 0.15) is 12.1 Å². The second-order valence-corrected chi connectivity index (χ2v) is 6.94. The number of ether oxygens (including phenoxy) is 2. The Balaban J connectivity index is 1.46. The third-order valence-corrected chi connectivity index (χ3v) is 4.96. The zero-order chi connectivity index (χ0) is 17.9. The first-order valence-corrected chi connectivity index (χ1v) is 9.32. The smallest absolute Gasteiger partial charge is 0.230 e. The summed E-state index contributed by atoms with van der Waals surface area (Å²) in [5.74, 6) is 1.65. The molecule has 1 aliphatic heterocycles. The number of aromatic nitrogens is 1. The van der Waals surface area contributed by atoms with Crippen molar-refractivity contribution in [1.29, 1.82) is 0 Å². The summed E-state index contributed by atoms with van der Waals surface area (Å²) in [7, 11) is 0. The first-order valence-electron chi connectivity index (χ1n) is 8.06. The third kappa shape index (κ3) is 3.68. The van der Waals surface area contributed by atoms with Gasteiger partial charge in [-0.15, -0.1) is 11.3 Å². The van der Waals surface area contributed by atoms with E-state index in [1.165, 1.54) is 11.3 Å². The van der Waals surface area contributed by atoms with Crippen LogP contribution in [0.25, 0.3) is 10.8 Å². The average molecular weight is 391 g/mol. The SMILES string of the molecule is O=C(Cc1csc(-c2ccco2)n1)Nc1cc2c(cc1Cl)OCCCO2. The van der Waals surface area contributed by atoms with Crippen molar-refractivity contribution in [2.45, 2.75) is 12.8 Å². The Morgan fingerprint density at radius 1 is 1.27 bits per heavy atom. The van der Waals surface area contributed by atoms with E-state index >= 15 is 0 Å². The monoisotopic (exact) mass is 390 g/mol. The molecule has 1 aromatic carbocycles. The van der Waals surface area contributed by atoms with Crippen LogP contribution in [-0.4, -0.2) is 24.1 Å². The van der Waals surface area contributed by atoms with Crippen LogP contribution in [-0.2, 0) is 11.2 Å². The van der Waals surface area contributed by atoms with Crippen LogP contribution in [0.2, 0.25) is 5.02 Å². The summed E-state index contributed by atoms with van der Waals surface area (Å²) in [5.41, 5.74) is 1.16. The minimum absolute atomic E-state index is 0.141. The van der Waals surface area contributed by atoms with E-state index in [0.717, 1.165) is 11.4 Å². The number of amides is 1. The van der Waals surface area contributed by atoms with E-state index in [0.29, 0.717) is 46.9 Å². The quantitative estimate of drug-likeness (QED) is 0.714. The number of halogens is 1. The molecule has 4 rings (SSSR count). The molecule has 134 valence electrons. The van der Waals surface area contributed by atoms with Gasteiger partial charge in [-0.2, -0.15) is 0 Å². The first kappa shape index (κ1) is 16.9. The van der Waals surface area contributed by atoms with Crippen LogP contribution in [0.15, 0.2) is 40.3 Å². The Hall–Kier alpha value is -2.51. The molecule has 1 amide bonds. The van der Waals surface area contributed by atoms with Gasteiger partial charge in [0, 0.05) is 23.9 Å². The van der Waals surface area contributed by atoms with E-state index < -0.39 is 0 Å². The minimum Gasteiger partial charge on any atom is -0.490 e. The summed E-state index contributed by atoms with van der Waals surface area (Å²) in [5, 5.41) is 5.79. The molecule has 0 aliphatic carbocycles. The fourth-order valence-electron chi connectivity index (χ4n) is 2.54. The molecule has 2 aromatic heterocycles. The fourth-order valence-corrected chi connectivity index (χ4v) is 3.53. The number of carbonyl (C=O) groups is 1. The van der Waals surface area contributed by atoms with Gasteiger partial charge in [0.15, 0.2) is 22.3 Å². The van der Waals surface area contributed by atoms with Gasteiger partial charge in [0.1, 0.15) is 0 Å². The van der Waals surface area contributed by atoms with Gasteiger partial charge >= 0.3 is 0 Å². The van der Waals surface area contributed by atoms with E-state index in [4.69, 9.17) is 25.5 Å². The summed E-state index contributed by atoms with van der Waals surface area (Å²) in [6.45, 7) is 1.15. The van der Waals surface area contributed by atoms with Crippen molar-refractivity contribution in [3.8, 4) is 22.3 Å². The second-order valence-electron chi connectivity index (χ2n) is 5.68. The summed E-state index contributed by atoms with van der Waals surface area (Å²) in [4.78, 5) is 16.8. The van der Waals surface area contributed by atoms with Crippen LogP contribution in [0.3, 0.4) is 0 Å². The van der Waals surface area contributed by atoms with Crippen molar-refractivity contribution < 1.29 is 18.7 Å². The number of benzene rings is 1. The standard InChI is InChI=1S/C18H15ClN2O4S/c19-12-8-15-16(25-6-2-5-24-15)9-13(12)21-17(22)7-11-10-26-18(20-11)14-3-1-4-23-14/h1,3-4,8-10H,2,5-7H2,(H,21,22). The lowest BCUT2D eigenvalue weighted by Gasteiger charge is -2.12. The largest absolute Gasteiger partial charge is 0.490 e. The molecule has 8 heteroatoms. The molecule has 0 bridgehead atoms. The highest BCUT2D eigenvalue weighted by molar-refractivity contribution is 7.13. The molecule has 0 saturated heterocycles. The fraction of sp³-hybridized carbons (Fsp3) is 0.222. The molecule has 6 nitrogen and oxygen atoms in total. The lowest BCUT2D eigenvalue weighted by Crippen LogP contribution is -2.15. The Morgan fingerprint density at radius 2 is 2.08 bits per heavy atom. The van der Waals surface area contributed by atoms with Gasteiger partial charge in [-0.25, -0.2) is 4.98 Å². The maximum absolute atomic E-state index is 12.4. The van der Waals surface area contributed by atoms with E-state index in [1.54, 1.807) is 24.5 Å². The summed E-state index contributed by atoms with van der Waals surface area (Å²) < 4.78 is 16.5. The first-order chi connectivity index (χ1) is 12.7. The number of anilines is 1. The van der Waals surface area contributed by atoms with E-state index in [2.05, 4.69) is 10.3 Å². The van der Waals surface area contributed by atoms with Gasteiger partial charge < -0.3 is 19.2 Å². The maximum Gasteiger partial charge on any atom is 0.230 e. The van der Waals surface area contributed by atoms with Crippen molar-refractivity contribution >= 4 is 34.5 Å². The molecular formula is C18H15ClN2O4S. The van der Waals surface area contributed by atoms with Gasteiger partial charge in [-0.05, 0) is 12.1 Å². The second kappa shape index (κ2) is 7.39. The van der Waals surface area contributed by atoms with E-state index in [1.807, 2.05) is 11.4 Å². The Bertz CT molecular complexity index is 923. The van der Waals surface area contributed by atoms with Crippen LogP contribution >= 0.6 is 22.9 Å². The minimum atomic E-state index is -0.210. The highest BCUT2D eigenvalue weighted by Crippen LogP contribution is 2.37. The number of hydrogen-bond acceptors (Lipinski definition) is 6. The molecular weight excluding hydrogens is 376 g/mol. The van der Waals surface area contributed by atoms with Gasteiger partial charge in [0.2, 0.25) is 5.91 Å². The molecule has 0 fully saturated rings. The molecule has 1 N–H and O–H groups in total.